The van der Waals surface area contributed by atoms with Crippen LogP contribution in [0.1, 0.15) is 17.5 Å². The third-order valence-electron chi connectivity index (χ3n) is 2.55. The zero-order valence-electron chi connectivity index (χ0n) is 8.81. The molecule has 0 bridgehead atoms. The first-order chi connectivity index (χ1) is 7.15. The summed E-state index contributed by atoms with van der Waals surface area (Å²) in [6, 6.07) is 7.73. The van der Waals surface area contributed by atoms with E-state index in [0.717, 1.165) is 11.1 Å². The monoisotopic (exact) mass is 208 g/mol. The molecular formula is C12H16O3. The second-order valence-electron chi connectivity index (χ2n) is 3.68. The minimum Gasteiger partial charge on any atom is -0.481 e. The van der Waals surface area contributed by atoms with Gasteiger partial charge in [-0.3, -0.25) is 4.79 Å². The highest BCUT2D eigenvalue weighted by Crippen LogP contribution is 2.15. The molecule has 82 valence electrons. The van der Waals surface area contributed by atoms with Crippen molar-refractivity contribution in [3.63, 3.8) is 0 Å². The van der Waals surface area contributed by atoms with Crippen LogP contribution < -0.4 is 0 Å². The molecule has 0 aliphatic heterocycles. The lowest BCUT2D eigenvalue weighted by Gasteiger charge is -2.12. The van der Waals surface area contributed by atoms with E-state index in [9.17, 15) is 4.79 Å². The lowest BCUT2D eigenvalue weighted by atomic mass is 9.94. The quantitative estimate of drug-likeness (QED) is 0.773. The molecular weight excluding hydrogens is 192 g/mol. The van der Waals surface area contributed by atoms with Crippen molar-refractivity contribution in [3.05, 3.63) is 35.4 Å². The van der Waals surface area contributed by atoms with Gasteiger partial charge >= 0.3 is 5.97 Å². The van der Waals surface area contributed by atoms with Crippen molar-refractivity contribution in [2.75, 3.05) is 6.61 Å². The summed E-state index contributed by atoms with van der Waals surface area (Å²) in [7, 11) is 0. The summed E-state index contributed by atoms with van der Waals surface area (Å²) in [6.07, 6.45) is 0.798. The molecule has 0 saturated carbocycles. The molecule has 0 amide bonds. The van der Waals surface area contributed by atoms with Crippen molar-refractivity contribution in [1.29, 1.82) is 0 Å². The Hall–Kier alpha value is -1.35. The van der Waals surface area contributed by atoms with Gasteiger partial charge in [0.1, 0.15) is 0 Å². The van der Waals surface area contributed by atoms with Crippen LogP contribution in [0.4, 0.5) is 0 Å². The average Bonchev–Trinajstić information content (AvgIpc) is 2.20. The zero-order valence-corrected chi connectivity index (χ0v) is 8.81. The summed E-state index contributed by atoms with van der Waals surface area (Å²) in [5.41, 5.74) is 2.14. The van der Waals surface area contributed by atoms with E-state index in [0.29, 0.717) is 12.8 Å². The molecule has 1 aromatic rings. The third-order valence-corrected chi connectivity index (χ3v) is 2.55. The number of aliphatic hydroxyl groups is 1. The number of aryl methyl sites for hydroxylation is 1. The molecule has 0 spiro atoms. The Morgan fingerprint density at radius 2 is 2.07 bits per heavy atom. The van der Waals surface area contributed by atoms with Crippen LogP contribution >= 0.6 is 0 Å². The Balaban J connectivity index is 2.74. The molecule has 15 heavy (non-hydrogen) atoms. The van der Waals surface area contributed by atoms with E-state index in [2.05, 4.69) is 0 Å². The molecule has 0 heterocycles. The maximum absolute atomic E-state index is 10.9. The summed E-state index contributed by atoms with van der Waals surface area (Å²) in [5.74, 6) is -1.33. The number of carbonyl (C=O) groups is 1. The summed E-state index contributed by atoms with van der Waals surface area (Å²) < 4.78 is 0. The number of carboxylic acids is 1. The second kappa shape index (κ2) is 5.51. The van der Waals surface area contributed by atoms with E-state index >= 15 is 0 Å². The lowest BCUT2D eigenvalue weighted by molar-refractivity contribution is -0.142. The number of benzene rings is 1. The highest BCUT2D eigenvalue weighted by atomic mass is 16.4. The van der Waals surface area contributed by atoms with Gasteiger partial charge in [-0.1, -0.05) is 24.3 Å². The van der Waals surface area contributed by atoms with E-state index in [4.69, 9.17) is 10.2 Å². The standard InChI is InChI=1S/C12H16O3/c1-9-4-2-3-5-10(9)8-11(6-7-13)12(14)15/h2-5,11,13H,6-8H2,1H3,(H,14,15). The van der Waals surface area contributed by atoms with E-state index in [1.165, 1.54) is 0 Å². The fraction of sp³-hybridized carbons (Fsp3) is 0.417. The molecule has 1 unspecified atom stereocenters. The molecule has 1 rings (SSSR count). The van der Waals surface area contributed by atoms with Crippen LogP contribution in [0.15, 0.2) is 24.3 Å². The van der Waals surface area contributed by atoms with Crippen molar-refractivity contribution in [2.45, 2.75) is 19.8 Å². The Morgan fingerprint density at radius 1 is 1.40 bits per heavy atom. The first kappa shape index (κ1) is 11.7. The number of rotatable bonds is 5. The van der Waals surface area contributed by atoms with E-state index < -0.39 is 11.9 Å². The van der Waals surface area contributed by atoms with E-state index in [1.807, 2.05) is 31.2 Å². The number of aliphatic hydroxyl groups excluding tert-OH is 1. The van der Waals surface area contributed by atoms with Crippen LogP contribution in [0.2, 0.25) is 0 Å². The van der Waals surface area contributed by atoms with Gasteiger partial charge < -0.3 is 10.2 Å². The molecule has 1 atom stereocenters. The van der Waals surface area contributed by atoms with Crippen molar-refractivity contribution in [1.82, 2.24) is 0 Å². The molecule has 1 aromatic carbocycles. The Labute approximate surface area is 89.4 Å². The van der Waals surface area contributed by atoms with Gasteiger partial charge in [0.25, 0.3) is 0 Å². The molecule has 0 saturated heterocycles. The van der Waals surface area contributed by atoms with Gasteiger partial charge in [-0.15, -0.1) is 0 Å². The topological polar surface area (TPSA) is 57.5 Å². The van der Waals surface area contributed by atoms with Gasteiger partial charge in [-0.25, -0.2) is 0 Å². The van der Waals surface area contributed by atoms with Gasteiger partial charge in [-0.2, -0.15) is 0 Å². The number of aliphatic carboxylic acids is 1. The lowest BCUT2D eigenvalue weighted by Crippen LogP contribution is -2.18. The summed E-state index contributed by atoms with van der Waals surface area (Å²) in [5, 5.41) is 17.7. The second-order valence-corrected chi connectivity index (χ2v) is 3.68. The highest BCUT2D eigenvalue weighted by molar-refractivity contribution is 5.70. The van der Waals surface area contributed by atoms with Gasteiger partial charge in [0.15, 0.2) is 0 Å². The van der Waals surface area contributed by atoms with Crippen molar-refractivity contribution in [2.24, 2.45) is 5.92 Å². The van der Waals surface area contributed by atoms with Crippen LogP contribution in [-0.2, 0) is 11.2 Å². The predicted molar refractivity (Wildman–Crippen MR) is 57.7 cm³/mol. The SMILES string of the molecule is Cc1ccccc1CC(CCO)C(=O)O. The number of hydrogen-bond acceptors (Lipinski definition) is 2. The highest BCUT2D eigenvalue weighted by Gasteiger charge is 2.17. The summed E-state index contributed by atoms with van der Waals surface area (Å²) in [4.78, 5) is 10.9. The van der Waals surface area contributed by atoms with Gasteiger partial charge in [0.05, 0.1) is 5.92 Å². The molecule has 0 radical (unpaired) electrons. The Kier molecular flexibility index (Phi) is 4.31. The van der Waals surface area contributed by atoms with Crippen molar-refractivity contribution >= 4 is 5.97 Å². The molecule has 0 aliphatic rings. The van der Waals surface area contributed by atoms with Gasteiger partial charge in [-0.05, 0) is 30.9 Å². The first-order valence-electron chi connectivity index (χ1n) is 5.03. The molecule has 3 heteroatoms. The number of hydrogen-bond donors (Lipinski definition) is 2. The van der Waals surface area contributed by atoms with E-state index in [1.54, 1.807) is 0 Å². The van der Waals surface area contributed by atoms with Crippen LogP contribution in [0.25, 0.3) is 0 Å². The Bertz CT molecular complexity index is 333. The van der Waals surface area contributed by atoms with Crippen LogP contribution in [0, 0.1) is 12.8 Å². The maximum atomic E-state index is 10.9. The smallest absolute Gasteiger partial charge is 0.306 e. The molecule has 0 fully saturated rings. The van der Waals surface area contributed by atoms with Gasteiger partial charge in [0, 0.05) is 6.61 Å². The van der Waals surface area contributed by atoms with Crippen molar-refractivity contribution in [3.8, 4) is 0 Å². The normalized spacial score (nSPS) is 12.4. The van der Waals surface area contributed by atoms with Crippen LogP contribution in [0.5, 0.6) is 0 Å². The maximum Gasteiger partial charge on any atom is 0.306 e. The van der Waals surface area contributed by atoms with Gasteiger partial charge in [0.2, 0.25) is 0 Å². The molecule has 3 nitrogen and oxygen atoms in total. The number of carboxylic acid groups (broad SMARTS) is 1. The fourth-order valence-corrected chi connectivity index (χ4v) is 1.57. The molecule has 0 aromatic heterocycles. The molecule has 0 aliphatic carbocycles. The minimum absolute atomic E-state index is 0.0805. The average molecular weight is 208 g/mol. The van der Waals surface area contributed by atoms with Crippen molar-refractivity contribution < 1.29 is 15.0 Å². The van der Waals surface area contributed by atoms with Crippen LogP contribution in [0.3, 0.4) is 0 Å². The summed E-state index contributed by atoms with van der Waals surface area (Å²) in [6.45, 7) is 1.88. The molecule has 2 N–H and O–H groups in total. The zero-order chi connectivity index (χ0) is 11.3. The minimum atomic E-state index is -0.840. The fourth-order valence-electron chi connectivity index (χ4n) is 1.57. The third kappa shape index (κ3) is 3.36. The Morgan fingerprint density at radius 3 is 2.60 bits per heavy atom. The van der Waals surface area contributed by atoms with Crippen LogP contribution in [-0.4, -0.2) is 22.8 Å². The first-order valence-corrected chi connectivity index (χ1v) is 5.03. The summed E-state index contributed by atoms with van der Waals surface area (Å²) >= 11 is 0. The largest absolute Gasteiger partial charge is 0.481 e. The van der Waals surface area contributed by atoms with E-state index in [-0.39, 0.29) is 6.61 Å². The predicted octanol–water partition coefficient (Wildman–Crippen LogP) is 1.62.